The molecule has 0 saturated carbocycles. The zero-order valence-corrected chi connectivity index (χ0v) is 20.1. The molecule has 5 nitrogen and oxygen atoms in total. The molecule has 8 heteroatoms. The maximum atomic E-state index is 13.1. The molecule has 0 unspecified atom stereocenters. The van der Waals surface area contributed by atoms with E-state index >= 15 is 0 Å². The lowest BCUT2D eigenvalue weighted by Gasteiger charge is -2.33. The van der Waals surface area contributed by atoms with Crippen LogP contribution in [0.3, 0.4) is 0 Å². The molecule has 1 aromatic carbocycles. The quantitative estimate of drug-likeness (QED) is 0.534. The molecule has 0 aliphatic heterocycles. The fourth-order valence-corrected chi connectivity index (χ4v) is 5.82. The highest BCUT2D eigenvalue weighted by Crippen LogP contribution is 2.41. The topological polar surface area (TPSA) is 74.8 Å². The molecule has 1 aliphatic rings. The van der Waals surface area contributed by atoms with Gasteiger partial charge in [0.25, 0.3) is 5.56 Å². The van der Waals surface area contributed by atoms with Crippen LogP contribution in [0.25, 0.3) is 10.2 Å². The molecule has 0 spiro atoms. The lowest BCUT2D eigenvalue weighted by atomic mass is 9.72. The van der Waals surface area contributed by atoms with Gasteiger partial charge in [0.15, 0.2) is 0 Å². The Kier molecular flexibility index (Phi) is 6.41. The number of fused-ring (bicyclic) bond motifs is 3. The standard InChI is InChI=1S/C24H27ClFN3O2S/c1-24(2,3)14-5-7-16-18(10-14)32-23-21(16)22(31)28-19(29-23)8-9-20(30)27-12-13-4-6-15(26)11-17(13)25/h4,6,11,14H,5,7-10,12H2,1-3H3,(H,27,30)(H,28,29,31)/t14-/m1/s1. The van der Waals surface area contributed by atoms with Gasteiger partial charge in [0, 0.05) is 29.3 Å². The van der Waals surface area contributed by atoms with Crippen molar-refractivity contribution in [1.29, 1.82) is 0 Å². The summed E-state index contributed by atoms with van der Waals surface area (Å²) >= 11 is 7.61. The fraction of sp³-hybridized carbons (Fsp3) is 0.458. The van der Waals surface area contributed by atoms with E-state index in [2.05, 4.69) is 36.1 Å². The summed E-state index contributed by atoms with van der Waals surface area (Å²) in [5.74, 6) is 0.509. The van der Waals surface area contributed by atoms with Crippen molar-refractivity contribution in [1.82, 2.24) is 15.3 Å². The first kappa shape index (κ1) is 22.9. The second kappa shape index (κ2) is 8.94. The van der Waals surface area contributed by atoms with Gasteiger partial charge in [-0.2, -0.15) is 0 Å². The lowest BCUT2D eigenvalue weighted by Crippen LogP contribution is -2.26. The molecule has 0 saturated heterocycles. The maximum absolute atomic E-state index is 13.1. The first-order chi connectivity index (χ1) is 15.1. The van der Waals surface area contributed by atoms with E-state index < -0.39 is 5.82 Å². The number of nitrogens with zero attached hydrogens (tertiary/aromatic N) is 1. The van der Waals surface area contributed by atoms with Crippen LogP contribution in [-0.2, 0) is 30.6 Å². The number of amides is 1. The molecule has 0 fully saturated rings. The van der Waals surface area contributed by atoms with Crippen molar-refractivity contribution >= 4 is 39.1 Å². The second-order valence-electron chi connectivity index (χ2n) is 9.51. The maximum Gasteiger partial charge on any atom is 0.259 e. The number of halogens is 2. The lowest BCUT2D eigenvalue weighted by molar-refractivity contribution is -0.121. The van der Waals surface area contributed by atoms with Crippen LogP contribution in [0.2, 0.25) is 5.02 Å². The zero-order valence-electron chi connectivity index (χ0n) is 18.5. The highest BCUT2D eigenvalue weighted by Gasteiger charge is 2.31. The number of carbonyl (C=O) groups is 1. The van der Waals surface area contributed by atoms with Crippen LogP contribution < -0.4 is 10.9 Å². The summed E-state index contributed by atoms with van der Waals surface area (Å²) < 4.78 is 13.1. The SMILES string of the molecule is CC(C)(C)[C@@H]1CCc2c(sc3nc(CCC(=O)NCc4ccc(F)cc4Cl)[nH]c(=O)c23)C1. The van der Waals surface area contributed by atoms with Crippen LogP contribution >= 0.6 is 22.9 Å². The minimum atomic E-state index is -0.417. The van der Waals surface area contributed by atoms with E-state index in [1.807, 2.05) is 0 Å². The van der Waals surface area contributed by atoms with Crippen molar-refractivity contribution in [2.24, 2.45) is 11.3 Å². The molecular formula is C24H27ClFN3O2S. The highest BCUT2D eigenvalue weighted by molar-refractivity contribution is 7.18. The van der Waals surface area contributed by atoms with Gasteiger partial charge < -0.3 is 10.3 Å². The first-order valence-corrected chi connectivity index (χ1v) is 12.1. The van der Waals surface area contributed by atoms with Gasteiger partial charge in [0.05, 0.1) is 5.39 Å². The summed E-state index contributed by atoms with van der Waals surface area (Å²) in [6, 6.07) is 4.08. The number of carbonyl (C=O) groups excluding carboxylic acids is 1. The number of H-pyrrole nitrogens is 1. The summed E-state index contributed by atoms with van der Waals surface area (Å²) in [6.07, 6.45) is 3.51. The van der Waals surface area contributed by atoms with Crippen molar-refractivity contribution in [3.63, 3.8) is 0 Å². The number of thiophene rings is 1. The van der Waals surface area contributed by atoms with Crippen LogP contribution in [0.1, 0.15) is 55.4 Å². The van der Waals surface area contributed by atoms with Crippen LogP contribution in [0, 0.1) is 17.2 Å². The van der Waals surface area contributed by atoms with E-state index in [1.165, 1.54) is 17.0 Å². The number of aryl methyl sites for hydroxylation is 2. The fourth-order valence-electron chi connectivity index (χ4n) is 4.27. The third kappa shape index (κ3) is 4.89. The van der Waals surface area contributed by atoms with Gasteiger partial charge >= 0.3 is 0 Å². The third-order valence-electron chi connectivity index (χ3n) is 6.27. The molecule has 170 valence electrons. The molecule has 2 N–H and O–H groups in total. The number of hydrogen-bond acceptors (Lipinski definition) is 4. The first-order valence-electron chi connectivity index (χ1n) is 10.9. The second-order valence-corrected chi connectivity index (χ2v) is 11.0. The largest absolute Gasteiger partial charge is 0.352 e. The molecule has 0 bridgehead atoms. The van der Waals surface area contributed by atoms with Crippen LogP contribution in [0.15, 0.2) is 23.0 Å². The number of hydrogen-bond donors (Lipinski definition) is 2. The Bertz CT molecular complexity index is 1230. The van der Waals surface area contributed by atoms with Crippen molar-refractivity contribution in [3.05, 3.63) is 61.2 Å². The summed E-state index contributed by atoms with van der Waals surface area (Å²) in [7, 11) is 0. The molecular weight excluding hydrogens is 449 g/mol. The molecule has 2 heterocycles. The molecule has 32 heavy (non-hydrogen) atoms. The molecule has 1 atom stereocenters. The number of rotatable bonds is 5. The number of nitrogens with one attached hydrogen (secondary N) is 2. The molecule has 4 rings (SSSR count). The number of aromatic amines is 1. The molecule has 3 aromatic rings. The summed E-state index contributed by atoms with van der Waals surface area (Å²) in [5, 5.41) is 3.77. The van der Waals surface area contributed by atoms with Crippen molar-refractivity contribution in [3.8, 4) is 0 Å². The van der Waals surface area contributed by atoms with E-state index in [9.17, 15) is 14.0 Å². The van der Waals surface area contributed by atoms with Crippen molar-refractivity contribution in [2.45, 2.75) is 59.4 Å². The molecule has 0 radical (unpaired) electrons. The predicted octanol–water partition coefficient (Wildman–Crippen LogP) is 5.18. The smallest absolute Gasteiger partial charge is 0.259 e. The Morgan fingerprint density at radius 3 is 2.88 bits per heavy atom. The van der Waals surface area contributed by atoms with E-state index in [-0.39, 0.29) is 34.9 Å². The summed E-state index contributed by atoms with van der Waals surface area (Å²) in [6.45, 7) is 7.03. The van der Waals surface area contributed by atoms with E-state index in [0.717, 1.165) is 35.0 Å². The Morgan fingerprint density at radius 2 is 2.16 bits per heavy atom. The van der Waals surface area contributed by atoms with Gasteiger partial charge in [-0.3, -0.25) is 9.59 Å². The minimum absolute atomic E-state index is 0.116. The van der Waals surface area contributed by atoms with Crippen molar-refractivity contribution in [2.75, 3.05) is 0 Å². The Morgan fingerprint density at radius 1 is 1.38 bits per heavy atom. The van der Waals surface area contributed by atoms with Crippen molar-refractivity contribution < 1.29 is 9.18 Å². The predicted molar refractivity (Wildman–Crippen MR) is 127 cm³/mol. The average Bonchev–Trinajstić information content (AvgIpc) is 3.09. The number of aromatic nitrogens is 2. The van der Waals surface area contributed by atoms with E-state index in [0.29, 0.717) is 23.7 Å². The molecule has 1 aliphatic carbocycles. The monoisotopic (exact) mass is 475 g/mol. The number of benzene rings is 1. The average molecular weight is 476 g/mol. The van der Waals surface area contributed by atoms with Crippen LogP contribution in [0.4, 0.5) is 4.39 Å². The van der Waals surface area contributed by atoms with Crippen LogP contribution in [-0.4, -0.2) is 15.9 Å². The third-order valence-corrected chi connectivity index (χ3v) is 7.77. The van der Waals surface area contributed by atoms with Gasteiger partial charge in [-0.05, 0) is 53.9 Å². The van der Waals surface area contributed by atoms with Gasteiger partial charge in [-0.15, -0.1) is 11.3 Å². The van der Waals surface area contributed by atoms with Gasteiger partial charge in [0.2, 0.25) is 5.91 Å². The van der Waals surface area contributed by atoms with Gasteiger partial charge in [0.1, 0.15) is 16.5 Å². The van der Waals surface area contributed by atoms with Gasteiger partial charge in [-0.25, -0.2) is 9.37 Å². The minimum Gasteiger partial charge on any atom is -0.352 e. The summed E-state index contributed by atoms with van der Waals surface area (Å²) in [4.78, 5) is 34.6. The van der Waals surface area contributed by atoms with Crippen LogP contribution in [0.5, 0.6) is 0 Å². The van der Waals surface area contributed by atoms with E-state index in [1.54, 1.807) is 17.4 Å². The molecule has 2 aromatic heterocycles. The zero-order chi connectivity index (χ0) is 23.0. The highest BCUT2D eigenvalue weighted by atomic mass is 35.5. The Labute approximate surface area is 195 Å². The van der Waals surface area contributed by atoms with Gasteiger partial charge in [-0.1, -0.05) is 38.4 Å². The Balaban J connectivity index is 1.43. The Hall–Kier alpha value is -2.25. The molecule has 1 amide bonds. The summed E-state index contributed by atoms with van der Waals surface area (Å²) in [5.41, 5.74) is 1.92. The van der Waals surface area contributed by atoms with E-state index in [4.69, 9.17) is 11.6 Å². The normalized spacial score (nSPS) is 16.2.